The smallest absolute Gasteiger partial charge is 0.239 e. The van der Waals surface area contributed by atoms with E-state index in [0.717, 1.165) is 30.8 Å². The number of hydrogen-bond acceptors (Lipinski definition) is 3. The zero-order chi connectivity index (χ0) is 12.4. The molecule has 2 heterocycles. The molecule has 0 radical (unpaired) electrons. The Balaban J connectivity index is 2.23. The van der Waals surface area contributed by atoms with E-state index >= 15 is 0 Å². The van der Waals surface area contributed by atoms with Crippen LogP contribution in [0.3, 0.4) is 0 Å². The summed E-state index contributed by atoms with van der Waals surface area (Å²) in [5.41, 5.74) is 7.65. The van der Waals surface area contributed by atoms with Crippen molar-refractivity contribution in [3.63, 3.8) is 0 Å². The van der Waals surface area contributed by atoms with Crippen LogP contribution in [0, 0.1) is 6.92 Å². The second-order valence-corrected chi connectivity index (χ2v) is 4.68. The van der Waals surface area contributed by atoms with E-state index in [1.165, 1.54) is 0 Å². The minimum atomic E-state index is -0.430. The first-order chi connectivity index (χ1) is 8.09. The molecule has 0 bridgehead atoms. The lowest BCUT2D eigenvalue weighted by atomic mass is 10.1. The van der Waals surface area contributed by atoms with E-state index in [9.17, 15) is 4.79 Å². The summed E-state index contributed by atoms with van der Waals surface area (Å²) in [6.07, 6.45) is 2.01. The molecule has 4 heteroatoms. The fraction of sp³-hybridized carbons (Fsp3) is 0.538. The molecule has 1 amide bonds. The summed E-state index contributed by atoms with van der Waals surface area (Å²) in [5.74, 6) is 0.0239. The number of rotatable bonds is 2. The van der Waals surface area contributed by atoms with Gasteiger partial charge in [0.2, 0.25) is 5.91 Å². The van der Waals surface area contributed by atoms with Gasteiger partial charge in [0.25, 0.3) is 0 Å². The topological polar surface area (TPSA) is 59.2 Å². The van der Waals surface area contributed by atoms with Gasteiger partial charge in [0, 0.05) is 12.2 Å². The number of carbonyl (C=O) groups excluding carboxylic acids is 1. The Hall–Kier alpha value is -1.42. The average Bonchev–Trinajstić information content (AvgIpc) is 2.76. The van der Waals surface area contributed by atoms with Gasteiger partial charge in [-0.3, -0.25) is 9.78 Å². The minimum absolute atomic E-state index is 0.0239. The van der Waals surface area contributed by atoms with Gasteiger partial charge in [-0.1, -0.05) is 6.07 Å². The van der Waals surface area contributed by atoms with Gasteiger partial charge in [0.1, 0.15) is 0 Å². The lowest BCUT2D eigenvalue weighted by Gasteiger charge is -2.26. The first-order valence-electron chi connectivity index (χ1n) is 6.09. The molecule has 1 aliphatic heterocycles. The molecule has 0 unspecified atom stereocenters. The summed E-state index contributed by atoms with van der Waals surface area (Å²) < 4.78 is 0. The fourth-order valence-corrected chi connectivity index (χ4v) is 2.35. The molecule has 0 aromatic carbocycles. The Morgan fingerprint density at radius 3 is 3.00 bits per heavy atom. The van der Waals surface area contributed by atoms with Crippen LogP contribution >= 0.6 is 0 Å². The second kappa shape index (κ2) is 4.84. The Bertz CT molecular complexity index is 417. The highest BCUT2D eigenvalue weighted by atomic mass is 16.2. The van der Waals surface area contributed by atoms with Crippen LogP contribution in [0.2, 0.25) is 0 Å². The number of aromatic nitrogens is 1. The van der Waals surface area contributed by atoms with Crippen LogP contribution in [0.15, 0.2) is 18.2 Å². The van der Waals surface area contributed by atoms with Crippen molar-refractivity contribution in [3.8, 4) is 0 Å². The summed E-state index contributed by atoms with van der Waals surface area (Å²) in [6, 6.07) is 5.62. The highest BCUT2D eigenvalue weighted by molar-refractivity contribution is 5.81. The number of pyridine rings is 1. The molecular formula is C13H19N3O. The summed E-state index contributed by atoms with van der Waals surface area (Å²) in [4.78, 5) is 18.4. The van der Waals surface area contributed by atoms with Crippen LogP contribution in [-0.2, 0) is 4.79 Å². The van der Waals surface area contributed by atoms with Crippen molar-refractivity contribution in [3.05, 3.63) is 29.6 Å². The van der Waals surface area contributed by atoms with E-state index in [0.29, 0.717) is 0 Å². The zero-order valence-corrected chi connectivity index (χ0v) is 10.4. The molecule has 1 aromatic heterocycles. The van der Waals surface area contributed by atoms with Crippen molar-refractivity contribution in [2.24, 2.45) is 5.73 Å². The van der Waals surface area contributed by atoms with Gasteiger partial charge < -0.3 is 10.6 Å². The van der Waals surface area contributed by atoms with Crippen molar-refractivity contribution in [1.29, 1.82) is 0 Å². The lowest BCUT2D eigenvalue weighted by molar-refractivity contribution is -0.133. The third-order valence-corrected chi connectivity index (χ3v) is 3.18. The van der Waals surface area contributed by atoms with Crippen LogP contribution in [-0.4, -0.2) is 28.4 Å². The highest BCUT2D eigenvalue weighted by Crippen LogP contribution is 2.31. The molecule has 2 atom stereocenters. The first-order valence-corrected chi connectivity index (χ1v) is 6.09. The number of nitrogens with two attached hydrogens (primary N) is 1. The predicted octanol–water partition coefficient (Wildman–Crippen LogP) is 1.40. The number of amides is 1. The molecule has 1 fully saturated rings. The molecule has 2 N–H and O–H groups in total. The van der Waals surface area contributed by atoms with E-state index in [1.807, 2.05) is 30.0 Å². The Labute approximate surface area is 102 Å². The molecule has 1 saturated heterocycles. The number of nitrogens with zero attached hydrogens (tertiary/aromatic N) is 2. The van der Waals surface area contributed by atoms with E-state index in [1.54, 1.807) is 6.92 Å². The Kier molecular flexibility index (Phi) is 3.43. The van der Waals surface area contributed by atoms with Gasteiger partial charge in [-0.25, -0.2) is 0 Å². The molecular weight excluding hydrogens is 214 g/mol. The number of hydrogen-bond donors (Lipinski definition) is 1. The maximum atomic E-state index is 12.0. The maximum absolute atomic E-state index is 12.0. The van der Waals surface area contributed by atoms with Crippen LogP contribution < -0.4 is 5.73 Å². The quantitative estimate of drug-likeness (QED) is 0.840. The standard InChI is InChI=1S/C13H19N3O/c1-9-5-3-6-11(15-9)12-7-4-8-16(12)13(17)10(2)14/h3,5-6,10,12H,4,7-8,14H2,1-2H3/t10-,12-/m0/s1. The zero-order valence-electron chi connectivity index (χ0n) is 10.4. The van der Waals surface area contributed by atoms with E-state index in [2.05, 4.69) is 4.98 Å². The van der Waals surface area contributed by atoms with Crippen LogP contribution in [0.25, 0.3) is 0 Å². The SMILES string of the molecule is Cc1cccc([C@@H]2CCCN2C(=O)[C@H](C)N)n1. The van der Waals surface area contributed by atoms with Crippen molar-refractivity contribution < 1.29 is 4.79 Å². The molecule has 0 aliphatic carbocycles. The minimum Gasteiger partial charge on any atom is -0.333 e. The van der Waals surface area contributed by atoms with Gasteiger partial charge in [0.15, 0.2) is 0 Å². The Morgan fingerprint density at radius 1 is 1.59 bits per heavy atom. The average molecular weight is 233 g/mol. The second-order valence-electron chi connectivity index (χ2n) is 4.68. The summed E-state index contributed by atoms with van der Waals surface area (Å²) >= 11 is 0. The molecule has 1 aromatic rings. The van der Waals surface area contributed by atoms with Gasteiger partial charge in [-0.05, 0) is 38.8 Å². The summed E-state index contributed by atoms with van der Waals surface area (Å²) in [5, 5.41) is 0. The monoisotopic (exact) mass is 233 g/mol. The molecule has 2 rings (SSSR count). The molecule has 4 nitrogen and oxygen atoms in total. The third-order valence-electron chi connectivity index (χ3n) is 3.18. The van der Waals surface area contributed by atoms with Gasteiger partial charge in [0.05, 0.1) is 17.8 Å². The third kappa shape index (κ3) is 2.47. The molecule has 0 saturated carbocycles. The first kappa shape index (κ1) is 12.0. The predicted molar refractivity (Wildman–Crippen MR) is 66.3 cm³/mol. The molecule has 0 spiro atoms. The van der Waals surface area contributed by atoms with E-state index in [-0.39, 0.29) is 11.9 Å². The molecule has 92 valence electrons. The largest absolute Gasteiger partial charge is 0.333 e. The number of likely N-dealkylation sites (tertiary alicyclic amines) is 1. The van der Waals surface area contributed by atoms with E-state index in [4.69, 9.17) is 5.73 Å². The van der Waals surface area contributed by atoms with E-state index < -0.39 is 6.04 Å². The van der Waals surface area contributed by atoms with Gasteiger partial charge >= 0.3 is 0 Å². The number of carbonyl (C=O) groups is 1. The van der Waals surface area contributed by atoms with Crippen LogP contribution in [0.5, 0.6) is 0 Å². The molecule has 17 heavy (non-hydrogen) atoms. The highest BCUT2D eigenvalue weighted by Gasteiger charge is 2.31. The van der Waals surface area contributed by atoms with Gasteiger partial charge in [-0.15, -0.1) is 0 Å². The van der Waals surface area contributed by atoms with Gasteiger partial charge in [-0.2, -0.15) is 0 Å². The fourth-order valence-electron chi connectivity index (χ4n) is 2.35. The van der Waals surface area contributed by atoms with Crippen molar-refractivity contribution in [1.82, 2.24) is 9.88 Å². The molecule has 1 aliphatic rings. The van der Waals surface area contributed by atoms with Crippen LogP contribution in [0.4, 0.5) is 0 Å². The summed E-state index contributed by atoms with van der Waals surface area (Å²) in [6.45, 7) is 4.50. The van der Waals surface area contributed by atoms with Crippen LogP contribution in [0.1, 0.15) is 37.2 Å². The normalized spacial score (nSPS) is 21.6. The Morgan fingerprint density at radius 2 is 2.35 bits per heavy atom. The van der Waals surface area contributed by atoms with Crippen molar-refractivity contribution >= 4 is 5.91 Å². The van der Waals surface area contributed by atoms with Crippen molar-refractivity contribution in [2.75, 3.05) is 6.54 Å². The number of aryl methyl sites for hydroxylation is 1. The maximum Gasteiger partial charge on any atom is 0.239 e. The van der Waals surface area contributed by atoms with Crippen molar-refractivity contribution in [2.45, 2.75) is 38.8 Å². The lowest BCUT2D eigenvalue weighted by Crippen LogP contribution is -2.41. The summed E-state index contributed by atoms with van der Waals surface area (Å²) in [7, 11) is 0.